The van der Waals surface area contributed by atoms with Crippen LogP contribution in [0.1, 0.15) is 11.3 Å². The van der Waals surface area contributed by atoms with E-state index in [4.69, 9.17) is 4.74 Å². The minimum atomic E-state index is 0.806. The van der Waals surface area contributed by atoms with Crippen LogP contribution in [0, 0.1) is 0 Å². The molecule has 0 atom stereocenters. The summed E-state index contributed by atoms with van der Waals surface area (Å²) in [5.74, 6) is 1.75. The highest BCUT2D eigenvalue weighted by Crippen LogP contribution is 2.19. The van der Waals surface area contributed by atoms with Gasteiger partial charge in [0.25, 0.3) is 0 Å². The number of para-hydroxylation sites is 1. The number of imidazole rings is 1. The molecule has 0 aliphatic carbocycles. The third-order valence-electron chi connectivity index (χ3n) is 2.72. The number of nitrogens with one attached hydrogen (secondary N) is 2. The lowest BCUT2D eigenvalue weighted by Crippen LogP contribution is -1.96. The van der Waals surface area contributed by atoms with Crippen molar-refractivity contribution in [3.05, 3.63) is 41.7 Å². The van der Waals surface area contributed by atoms with Crippen molar-refractivity contribution in [1.82, 2.24) is 9.97 Å². The van der Waals surface area contributed by atoms with Crippen LogP contribution in [0.4, 0.5) is 5.95 Å². The first-order valence-corrected chi connectivity index (χ1v) is 5.67. The number of H-pyrrole nitrogens is 1. The number of aromatic amines is 1. The van der Waals surface area contributed by atoms with Crippen molar-refractivity contribution in [3.63, 3.8) is 0 Å². The lowest BCUT2D eigenvalue weighted by atomic mass is 10.1. The van der Waals surface area contributed by atoms with Gasteiger partial charge in [-0.25, -0.2) is 4.98 Å². The van der Waals surface area contributed by atoms with Crippen LogP contribution < -0.4 is 10.1 Å². The summed E-state index contributed by atoms with van der Waals surface area (Å²) in [6.45, 7) is 0. The third-order valence-corrected chi connectivity index (χ3v) is 2.72. The minimum absolute atomic E-state index is 0.806. The van der Waals surface area contributed by atoms with E-state index in [0.717, 1.165) is 30.2 Å². The summed E-state index contributed by atoms with van der Waals surface area (Å²) in [6, 6.07) is 8.09. The highest BCUT2D eigenvalue weighted by Gasteiger charge is 2.03. The first kappa shape index (κ1) is 11.5. The molecular weight excluding hydrogens is 214 g/mol. The number of rotatable bonds is 5. The lowest BCUT2D eigenvalue weighted by Gasteiger charge is -2.06. The van der Waals surface area contributed by atoms with Gasteiger partial charge in [0.05, 0.1) is 13.3 Å². The summed E-state index contributed by atoms with van der Waals surface area (Å²) in [5.41, 5.74) is 2.34. The Morgan fingerprint density at radius 3 is 2.82 bits per heavy atom. The Kier molecular flexibility index (Phi) is 3.65. The van der Waals surface area contributed by atoms with Gasteiger partial charge in [0.2, 0.25) is 0 Å². The summed E-state index contributed by atoms with van der Waals surface area (Å²) in [6.07, 6.45) is 3.73. The molecule has 1 aromatic carbocycles. The zero-order chi connectivity index (χ0) is 12.1. The van der Waals surface area contributed by atoms with Gasteiger partial charge < -0.3 is 15.0 Å². The third kappa shape index (κ3) is 2.78. The van der Waals surface area contributed by atoms with Crippen molar-refractivity contribution in [2.75, 3.05) is 19.5 Å². The van der Waals surface area contributed by atoms with Crippen molar-refractivity contribution in [3.8, 4) is 5.75 Å². The van der Waals surface area contributed by atoms with Crippen LogP contribution in [-0.2, 0) is 12.8 Å². The maximum Gasteiger partial charge on any atom is 0.200 e. The fourth-order valence-electron chi connectivity index (χ4n) is 1.79. The first-order chi connectivity index (χ1) is 8.33. The van der Waals surface area contributed by atoms with Crippen LogP contribution >= 0.6 is 0 Å². The maximum atomic E-state index is 5.32. The molecule has 1 heterocycles. The molecule has 0 aliphatic heterocycles. The summed E-state index contributed by atoms with van der Waals surface area (Å²) in [4.78, 5) is 7.40. The molecule has 0 saturated carbocycles. The van der Waals surface area contributed by atoms with Gasteiger partial charge in [-0.3, -0.25) is 0 Å². The largest absolute Gasteiger partial charge is 0.496 e. The second kappa shape index (κ2) is 5.39. The van der Waals surface area contributed by atoms with Gasteiger partial charge in [-0.1, -0.05) is 18.2 Å². The molecule has 90 valence electrons. The molecule has 0 fully saturated rings. The number of ether oxygens (including phenoxy) is 1. The van der Waals surface area contributed by atoms with Gasteiger partial charge in [-0.05, 0) is 24.5 Å². The predicted octanol–water partition coefficient (Wildman–Crippen LogP) is 2.25. The van der Waals surface area contributed by atoms with Crippen molar-refractivity contribution in [2.24, 2.45) is 0 Å². The maximum absolute atomic E-state index is 5.32. The van der Waals surface area contributed by atoms with E-state index in [9.17, 15) is 0 Å². The number of hydrogen-bond acceptors (Lipinski definition) is 3. The Labute approximate surface area is 101 Å². The highest BCUT2D eigenvalue weighted by molar-refractivity contribution is 5.34. The van der Waals surface area contributed by atoms with E-state index in [1.165, 1.54) is 5.56 Å². The molecule has 17 heavy (non-hydrogen) atoms. The van der Waals surface area contributed by atoms with Crippen molar-refractivity contribution >= 4 is 5.95 Å². The van der Waals surface area contributed by atoms with E-state index >= 15 is 0 Å². The Morgan fingerprint density at radius 2 is 2.12 bits per heavy atom. The van der Waals surface area contributed by atoms with Gasteiger partial charge in [0.15, 0.2) is 5.95 Å². The summed E-state index contributed by atoms with van der Waals surface area (Å²) < 4.78 is 5.32. The number of nitrogens with zero attached hydrogens (tertiary/aromatic N) is 1. The number of benzene rings is 1. The van der Waals surface area contributed by atoms with E-state index in [1.807, 2.05) is 31.4 Å². The predicted molar refractivity (Wildman–Crippen MR) is 68.5 cm³/mol. The molecule has 2 N–H and O–H groups in total. The molecular formula is C13H17N3O. The van der Waals surface area contributed by atoms with E-state index in [-0.39, 0.29) is 0 Å². The average Bonchev–Trinajstić information content (AvgIpc) is 2.84. The molecule has 0 amide bonds. The van der Waals surface area contributed by atoms with E-state index in [2.05, 4.69) is 21.4 Å². The topological polar surface area (TPSA) is 49.9 Å². The van der Waals surface area contributed by atoms with E-state index in [0.29, 0.717) is 0 Å². The number of hydrogen-bond donors (Lipinski definition) is 2. The molecule has 1 aromatic heterocycles. The zero-order valence-electron chi connectivity index (χ0n) is 10.2. The van der Waals surface area contributed by atoms with Crippen LogP contribution in [0.15, 0.2) is 30.5 Å². The fraction of sp³-hybridized carbons (Fsp3) is 0.308. The van der Waals surface area contributed by atoms with Crippen LogP contribution in [0.3, 0.4) is 0 Å². The van der Waals surface area contributed by atoms with Crippen LogP contribution in [-0.4, -0.2) is 24.1 Å². The zero-order valence-corrected chi connectivity index (χ0v) is 10.2. The molecule has 0 radical (unpaired) electrons. The van der Waals surface area contributed by atoms with Gasteiger partial charge in [0, 0.05) is 12.7 Å². The SMILES string of the molecule is CNc1ncc(CCc2ccccc2OC)[nH]1. The average molecular weight is 231 g/mol. The Balaban J connectivity index is 2.01. The number of aromatic nitrogens is 2. The monoisotopic (exact) mass is 231 g/mol. The first-order valence-electron chi connectivity index (χ1n) is 5.67. The van der Waals surface area contributed by atoms with Crippen molar-refractivity contribution < 1.29 is 4.74 Å². The Bertz CT molecular complexity index is 479. The number of methoxy groups -OCH3 is 1. The standard InChI is InChI=1S/C13H17N3O/c1-14-13-15-9-11(16-13)8-7-10-5-3-4-6-12(10)17-2/h3-6,9H,7-8H2,1-2H3,(H2,14,15,16). The summed E-state index contributed by atoms with van der Waals surface area (Å²) >= 11 is 0. The number of anilines is 1. The normalized spacial score (nSPS) is 10.2. The van der Waals surface area contributed by atoms with Crippen LogP contribution in [0.5, 0.6) is 5.75 Å². The van der Waals surface area contributed by atoms with Crippen molar-refractivity contribution in [1.29, 1.82) is 0 Å². The van der Waals surface area contributed by atoms with Gasteiger partial charge in [-0.15, -0.1) is 0 Å². The summed E-state index contributed by atoms with van der Waals surface area (Å²) in [5, 5.41) is 2.98. The lowest BCUT2D eigenvalue weighted by molar-refractivity contribution is 0.409. The molecule has 0 aliphatic rings. The van der Waals surface area contributed by atoms with E-state index < -0.39 is 0 Å². The van der Waals surface area contributed by atoms with Gasteiger partial charge in [0.1, 0.15) is 5.75 Å². The quantitative estimate of drug-likeness (QED) is 0.829. The molecule has 0 bridgehead atoms. The van der Waals surface area contributed by atoms with Crippen LogP contribution in [0.2, 0.25) is 0 Å². The molecule has 2 rings (SSSR count). The number of aryl methyl sites for hydroxylation is 2. The van der Waals surface area contributed by atoms with Crippen LogP contribution in [0.25, 0.3) is 0 Å². The Morgan fingerprint density at radius 1 is 1.29 bits per heavy atom. The highest BCUT2D eigenvalue weighted by atomic mass is 16.5. The molecule has 2 aromatic rings. The molecule has 0 unspecified atom stereocenters. The minimum Gasteiger partial charge on any atom is -0.496 e. The molecule has 0 saturated heterocycles. The molecule has 0 spiro atoms. The second-order valence-corrected chi connectivity index (χ2v) is 3.82. The summed E-state index contributed by atoms with van der Waals surface area (Å²) in [7, 11) is 3.55. The fourth-order valence-corrected chi connectivity index (χ4v) is 1.79. The molecule has 4 nitrogen and oxygen atoms in total. The van der Waals surface area contributed by atoms with Gasteiger partial charge >= 0.3 is 0 Å². The Hall–Kier alpha value is -1.97. The van der Waals surface area contributed by atoms with E-state index in [1.54, 1.807) is 7.11 Å². The second-order valence-electron chi connectivity index (χ2n) is 3.82. The smallest absolute Gasteiger partial charge is 0.200 e. The van der Waals surface area contributed by atoms with Crippen molar-refractivity contribution in [2.45, 2.75) is 12.8 Å². The van der Waals surface area contributed by atoms with Gasteiger partial charge in [-0.2, -0.15) is 0 Å². The molecule has 4 heteroatoms.